The molecule has 3 heterocycles. The first-order valence-electron chi connectivity index (χ1n) is 6.38. The highest BCUT2D eigenvalue weighted by Gasteiger charge is 2.23. The second-order valence-electron chi connectivity index (χ2n) is 4.97. The van der Waals surface area contributed by atoms with Crippen LogP contribution in [0.5, 0.6) is 0 Å². The van der Waals surface area contributed by atoms with Gasteiger partial charge in [0, 0.05) is 18.5 Å². The Balaban J connectivity index is 2.10. The van der Waals surface area contributed by atoms with Crippen molar-refractivity contribution in [2.75, 3.05) is 29.5 Å². The first kappa shape index (κ1) is 14.3. The van der Waals surface area contributed by atoms with E-state index in [0.717, 1.165) is 0 Å². The van der Waals surface area contributed by atoms with Crippen LogP contribution in [0.15, 0.2) is 10.9 Å². The Hall–Kier alpha value is -1.67. The molecule has 0 aromatic carbocycles. The predicted octanol–water partition coefficient (Wildman–Crippen LogP) is 0.515. The zero-order chi connectivity index (χ0) is 15.2. The van der Waals surface area contributed by atoms with Crippen LogP contribution in [0.25, 0.3) is 10.8 Å². The van der Waals surface area contributed by atoms with Crippen molar-refractivity contribution in [3.05, 3.63) is 27.3 Å². The summed E-state index contributed by atoms with van der Waals surface area (Å²) < 4.78 is 22.9. The van der Waals surface area contributed by atoms with Gasteiger partial charge in [0.15, 0.2) is 9.84 Å². The van der Waals surface area contributed by atoms with Gasteiger partial charge in [-0.3, -0.25) is 4.79 Å². The molecule has 2 aromatic heterocycles. The lowest BCUT2D eigenvalue weighted by Gasteiger charge is -2.28. The quantitative estimate of drug-likeness (QED) is 0.766. The highest BCUT2D eigenvalue weighted by atomic mass is 35.5. The SMILES string of the molecule is Cc1n[nH]c(=O)c2cc(N3CCS(=O)(=O)CC3)nc(Cl)c12. The van der Waals surface area contributed by atoms with Gasteiger partial charge in [-0.15, -0.1) is 0 Å². The third-order valence-corrected chi connectivity index (χ3v) is 5.44. The molecule has 1 aliphatic heterocycles. The molecule has 1 saturated heterocycles. The summed E-state index contributed by atoms with van der Waals surface area (Å²) in [6.07, 6.45) is 0. The summed E-state index contributed by atoms with van der Waals surface area (Å²) in [5.74, 6) is 0.671. The lowest BCUT2D eigenvalue weighted by Crippen LogP contribution is -2.40. The third-order valence-electron chi connectivity index (χ3n) is 3.56. The molecule has 0 bridgehead atoms. The molecule has 112 valence electrons. The fraction of sp³-hybridized carbons (Fsp3) is 0.417. The fourth-order valence-electron chi connectivity index (χ4n) is 2.38. The van der Waals surface area contributed by atoms with Gasteiger partial charge in [-0.1, -0.05) is 11.6 Å². The van der Waals surface area contributed by atoms with Crippen molar-refractivity contribution in [3.63, 3.8) is 0 Å². The van der Waals surface area contributed by atoms with Gasteiger partial charge < -0.3 is 4.90 Å². The molecular weight excluding hydrogens is 316 g/mol. The Bertz CT molecular complexity index is 864. The molecular formula is C12H13ClN4O3S. The van der Waals surface area contributed by atoms with Gasteiger partial charge in [0.05, 0.1) is 22.6 Å². The zero-order valence-electron chi connectivity index (χ0n) is 11.3. The van der Waals surface area contributed by atoms with E-state index in [2.05, 4.69) is 15.2 Å². The maximum absolute atomic E-state index is 11.9. The van der Waals surface area contributed by atoms with E-state index < -0.39 is 9.84 Å². The summed E-state index contributed by atoms with van der Waals surface area (Å²) in [4.78, 5) is 18.0. The number of sulfone groups is 1. The largest absolute Gasteiger partial charge is 0.355 e. The summed E-state index contributed by atoms with van der Waals surface area (Å²) in [5.41, 5.74) is 0.251. The Morgan fingerprint density at radius 3 is 2.67 bits per heavy atom. The van der Waals surface area contributed by atoms with Crippen LogP contribution in [0.2, 0.25) is 5.15 Å². The minimum Gasteiger partial charge on any atom is -0.355 e. The molecule has 9 heteroatoms. The van der Waals surface area contributed by atoms with E-state index >= 15 is 0 Å². The van der Waals surface area contributed by atoms with E-state index in [4.69, 9.17) is 11.6 Å². The van der Waals surface area contributed by atoms with Crippen molar-refractivity contribution in [1.29, 1.82) is 0 Å². The smallest absolute Gasteiger partial charge is 0.272 e. The highest BCUT2D eigenvalue weighted by Crippen LogP contribution is 2.26. The number of aryl methyl sites for hydroxylation is 1. The number of fused-ring (bicyclic) bond motifs is 1. The molecule has 1 aliphatic rings. The van der Waals surface area contributed by atoms with Crippen LogP contribution >= 0.6 is 11.6 Å². The van der Waals surface area contributed by atoms with Crippen molar-refractivity contribution in [3.8, 4) is 0 Å². The van der Waals surface area contributed by atoms with Crippen LogP contribution in [-0.2, 0) is 9.84 Å². The van der Waals surface area contributed by atoms with Gasteiger partial charge in [-0.25, -0.2) is 18.5 Å². The molecule has 1 fully saturated rings. The summed E-state index contributed by atoms with van der Waals surface area (Å²) in [7, 11) is -2.97. The maximum Gasteiger partial charge on any atom is 0.272 e. The zero-order valence-corrected chi connectivity index (χ0v) is 12.8. The van der Waals surface area contributed by atoms with E-state index in [1.165, 1.54) is 0 Å². The number of hydrogen-bond donors (Lipinski definition) is 1. The maximum atomic E-state index is 11.9. The number of nitrogens with zero attached hydrogens (tertiary/aromatic N) is 3. The molecule has 2 aromatic rings. The van der Waals surface area contributed by atoms with Gasteiger partial charge in [-0.05, 0) is 13.0 Å². The van der Waals surface area contributed by atoms with E-state index in [9.17, 15) is 13.2 Å². The molecule has 0 radical (unpaired) electrons. The number of halogens is 1. The number of aromatic nitrogens is 3. The van der Waals surface area contributed by atoms with Crippen LogP contribution in [0.4, 0.5) is 5.82 Å². The van der Waals surface area contributed by atoms with Gasteiger partial charge in [0.25, 0.3) is 5.56 Å². The van der Waals surface area contributed by atoms with Gasteiger partial charge in [-0.2, -0.15) is 5.10 Å². The highest BCUT2D eigenvalue weighted by molar-refractivity contribution is 7.91. The predicted molar refractivity (Wildman–Crippen MR) is 80.8 cm³/mol. The van der Waals surface area contributed by atoms with Crippen LogP contribution in [-0.4, -0.2) is 48.2 Å². The summed E-state index contributed by atoms with van der Waals surface area (Å²) in [5, 5.41) is 7.41. The number of H-pyrrole nitrogens is 1. The van der Waals surface area contributed by atoms with E-state index in [-0.39, 0.29) is 22.2 Å². The van der Waals surface area contributed by atoms with Crippen molar-refractivity contribution in [2.24, 2.45) is 0 Å². The third kappa shape index (κ3) is 2.60. The Labute approximate surface area is 125 Å². The molecule has 7 nitrogen and oxygen atoms in total. The monoisotopic (exact) mass is 328 g/mol. The summed E-state index contributed by atoms with van der Waals surface area (Å²) in [6.45, 7) is 2.43. The van der Waals surface area contributed by atoms with E-state index in [1.54, 1.807) is 13.0 Å². The summed E-state index contributed by atoms with van der Waals surface area (Å²) >= 11 is 6.17. The first-order chi connectivity index (χ1) is 9.87. The lowest BCUT2D eigenvalue weighted by atomic mass is 10.2. The Morgan fingerprint density at radius 1 is 1.33 bits per heavy atom. The molecule has 3 rings (SSSR count). The topological polar surface area (TPSA) is 96.0 Å². The van der Waals surface area contributed by atoms with Crippen molar-refractivity contribution in [2.45, 2.75) is 6.92 Å². The minimum atomic E-state index is -2.97. The van der Waals surface area contributed by atoms with Crippen LogP contribution in [0.3, 0.4) is 0 Å². The molecule has 0 atom stereocenters. The standard InChI is InChI=1S/C12H13ClN4O3S/c1-7-10-8(12(18)16-15-7)6-9(14-11(10)13)17-2-4-21(19,20)5-3-17/h6H,2-5H2,1H3,(H,16,18). The average Bonchev–Trinajstić information content (AvgIpc) is 2.42. The number of nitrogens with one attached hydrogen (secondary N) is 1. The molecule has 0 unspecified atom stereocenters. The minimum absolute atomic E-state index is 0.0794. The van der Waals surface area contributed by atoms with E-state index in [1.807, 2.05) is 4.90 Å². The molecule has 0 amide bonds. The molecule has 0 aliphatic carbocycles. The van der Waals surface area contributed by atoms with Crippen LogP contribution < -0.4 is 10.5 Å². The second-order valence-corrected chi connectivity index (χ2v) is 7.63. The first-order valence-corrected chi connectivity index (χ1v) is 8.58. The Kier molecular flexibility index (Phi) is 3.37. The Morgan fingerprint density at radius 2 is 2.00 bits per heavy atom. The van der Waals surface area contributed by atoms with Crippen LogP contribution in [0, 0.1) is 6.92 Å². The van der Waals surface area contributed by atoms with Crippen molar-refractivity contribution < 1.29 is 8.42 Å². The van der Waals surface area contributed by atoms with E-state index in [0.29, 0.717) is 35.4 Å². The van der Waals surface area contributed by atoms with Crippen LogP contribution in [0.1, 0.15) is 5.69 Å². The summed E-state index contributed by atoms with van der Waals surface area (Å²) in [6, 6.07) is 1.63. The molecule has 0 saturated carbocycles. The normalized spacial score (nSPS) is 18.1. The van der Waals surface area contributed by atoms with Gasteiger partial charge >= 0.3 is 0 Å². The van der Waals surface area contributed by atoms with Gasteiger partial charge in [0.1, 0.15) is 11.0 Å². The van der Waals surface area contributed by atoms with Gasteiger partial charge in [0.2, 0.25) is 0 Å². The number of pyridine rings is 1. The second kappa shape index (κ2) is 4.96. The number of rotatable bonds is 1. The van der Waals surface area contributed by atoms with Crippen molar-refractivity contribution in [1.82, 2.24) is 15.2 Å². The number of aromatic amines is 1. The molecule has 0 spiro atoms. The number of anilines is 1. The molecule has 21 heavy (non-hydrogen) atoms. The lowest BCUT2D eigenvalue weighted by molar-refractivity contribution is 0.586. The number of hydrogen-bond acceptors (Lipinski definition) is 6. The van der Waals surface area contributed by atoms with Crippen molar-refractivity contribution >= 4 is 38.0 Å². The average molecular weight is 329 g/mol. The fourth-order valence-corrected chi connectivity index (χ4v) is 3.91. The molecule has 1 N–H and O–H groups in total.